The molecule has 27 heavy (non-hydrogen) atoms. The molecule has 2 aromatic carbocycles. The van der Waals surface area contributed by atoms with Crippen molar-refractivity contribution in [3.8, 4) is 11.1 Å². The Labute approximate surface area is 158 Å². The van der Waals surface area contributed by atoms with Gasteiger partial charge in [-0.1, -0.05) is 31.2 Å². The molecule has 2 aromatic rings. The molecule has 1 fully saturated rings. The van der Waals surface area contributed by atoms with Crippen molar-refractivity contribution in [1.82, 2.24) is 0 Å². The smallest absolute Gasteiger partial charge is 0.343 e. The zero-order valence-corrected chi connectivity index (χ0v) is 15.6. The molecule has 0 atom stereocenters. The lowest BCUT2D eigenvalue weighted by Gasteiger charge is -2.21. The number of rotatable bonds is 3. The molecule has 0 aromatic heterocycles. The molecule has 1 aliphatic heterocycles. The maximum atomic E-state index is 13.3. The lowest BCUT2D eigenvalue weighted by Crippen LogP contribution is -2.27. The van der Waals surface area contributed by atoms with Crippen LogP contribution in [0.2, 0.25) is 0 Å². The van der Waals surface area contributed by atoms with Gasteiger partial charge in [0.1, 0.15) is 11.4 Å². The highest BCUT2D eigenvalue weighted by Crippen LogP contribution is 2.48. The van der Waals surface area contributed by atoms with Crippen LogP contribution < -0.4 is 0 Å². The summed E-state index contributed by atoms with van der Waals surface area (Å²) >= 11 is 0. The fourth-order valence-corrected chi connectivity index (χ4v) is 4.46. The van der Waals surface area contributed by atoms with Crippen molar-refractivity contribution in [2.45, 2.75) is 51.6 Å². The van der Waals surface area contributed by atoms with E-state index in [1.54, 1.807) is 12.1 Å². The van der Waals surface area contributed by atoms with Gasteiger partial charge in [0.15, 0.2) is 11.4 Å². The molecule has 0 unspecified atom stereocenters. The number of aryl methyl sites for hydroxylation is 1. The molecular weight excluding hydrogens is 343 g/mol. The highest BCUT2D eigenvalue weighted by Gasteiger charge is 2.50. The molecule has 1 heterocycles. The van der Waals surface area contributed by atoms with Crippen molar-refractivity contribution < 1.29 is 19.0 Å². The number of hydrogen-bond donors (Lipinski definition) is 1. The topological polar surface area (TPSA) is 46.5 Å². The molecule has 1 saturated carbocycles. The van der Waals surface area contributed by atoms with E-state index in [0.29, 0.717) is 18.4 Å². The maximum Gasteiger partial charge on any atom is 0.343 e. The zero-order chi connectivity index (χ0) is 19.2. The summed E-state index contributed by atoms with van der Waals surface area (Å²) in [7, 11) is 0. The van der Waals surface area contributed by atoms with Gasteiger partial charge >= 0.3 is 5.97 Å². The van der Waals surface area contributed by atoms with Crippen LogP contribution in [0.3, 0.4) is 0 Å². The number of carbonyl (C=O) groups excluding carboxylic acids is 1. The summed E-state index contributed by atoms with van der Waals surface area (Å²) in [6, 6.07) is 10.3. The van der Waals surface area contributed by atoms with Crippen molar-refractivity contribution in [3.05, 3.63) is 64.7 Å². The van der Waals surface area contributed by atoms with Crippen molar-refractivity contribution in [2.24, 2.45) is 0 Å². The monoisotopic (exact) mass is 366 g/mol. The molecule has 140 valence electrons. The Morgan fingerprint density at radius 1 is 1.11 bits per heavy atom. The highest BCUT2D eigenvalue weighted by atomic mass is 19.1. The minimum absolute atomic E-state index is 0.0825. The lowest BCUT2D eigenvalue weighted by atomic mass is 9.86. The average Bonchev–Trinajstić information content (AvgIpc) is 3.22. The first kappa shape index (κ1) is 17.8. The number of carbonyl (C=O) groups is 1. The predicted octanol–water partition coefficient (Wildman–Crippen LogP) is 5.50. The molecule has 0 saturated heterocycles. The van der Waals surface area contributed by atoms with E-state index >= 15 is 0 Å². The van der Waals surface area contributed by atoms with Crippen LogP contribution in [-0.4, -0.2) is 16.7 Å². The molecule has 1 N–H and O–H groups in total. The number of hydrogen-bond acceptors (Lipinski definition) is 3. The van der Waals surface area contributed by atoms with Gasteiger partial charge in [-0.15, -0.1) is 0 Å². The van der Waals surface area contributed by atoms with Crippen molar-refractivity contribution >= 4 is 11.5 Å². The molecule has 1 spiro atoms. The van der Waals surface area contributed by atoms with Gasteiger partial charge < -0.3 is 9.84 Å². The third-order valence-electron chi connectivity index (χ3n) is 5.91. The summed E-state index contributed by atoms with van der Waals surface area (Å²) in [4.78, 5) is 12.8. The zero-order valence-electron chi connectivity index (χ0n) is 15.6. The summed E-state index contributed by atoms with van der Waals surface area (Å²) in [5.74, 6) is -0.646. The van der Waals surface area contributed by atoms with Crippen molar-refractivity contribution in [2.75, 3.05) is 0 Å². The number of halogens is 1. The Morgan fingerprint density at radius 2 is 1.78 bits per heavy atom. The van der Waals surface area contributed by atoms with E-state index in [1.807, 2.05) is 26.0 Å². The van der Waals surface area contributed by atoms with Crippen molar-refractivity contribution in [3.63, 3.8) is 0 Å². The molecule has 4 heteroatoms. The number of benzene rings is 2. The van der Waals surface area contributed by atoms with Crippen LogP contribution in [0.15, 0.2) is 42.2 Å². The Balaban J connectivity index is 1.92. The van der Waals surface area contributed by atoms with Crippen LogP contribution in [0.4, 0.5) is 4.39 Å². The Kier molecular flexibility index (Phi) is 4.29. The average molecular weight is 366 g/mol. The fourth-order valence-electron chi connectivity index (χ4n) is 4.46. The third-order valence-corrected chi connectivity index (χ3v) is 5.91. The van der Waals surface area contributed by atoms with E-state index in [1.165, 1.54) is 12.1 Å². The van der Waals surface area contributed by atoms with E-state index in [4.69, 9.17) is 4.74 Å². The van der Waals surface area contributed by atoms with Gasteiger partial charge in [0.05, 0.1) is 0 Å². The van der Waals surface area contributed by atoms with Crippen LogP contribution in [0.25, 0.3) is 16.7 Å². The molecule has 1 aliphatic carbocycles. The molecule has 0 bridgehead atoms. The molecule has 0 radical (unpaired) electrons. The van der Waals surface area contributed by atoms with Gasteiger partial charge in [0.25, 0.3) is 0 Å². The standard InChI is InChI=1S/C23H23FO3/c1-3-15-8-11-18(16-6-9-17(24)10-7-16)14(2)19(15)20-21(25)23(27-22(20)26)12-4-5-13-23/h6-11,25H,3-5,12-13H2,1-2H3. The van der Waals surface area contributed by atoms with Gasteiger partial charge in [-0.05, 0) is 79.0 Å². The van der Waals surface area contributed by atoms with Gasteiger partial charge in [0.2, 0.25) is 0 Å². The van der Waals surface area contributed by atoms with Gasteiger partial charge in [-0.25, -0.2) is 9.18 Å². The second kappa shape index (κ2) is 6.52. The second-order valence-electron chi connectivity index (χ2n) is 7.45. The van der Waals surface area contributed by atoms with Crippen molar-refractivity contribution in [1.29, 1.82) is 0 Å². The quantitative estimate of drug-likeness (QED) is 0.730. The predicted molar refractivity (Wildman–Crippen MR) is 103 cm³/mol. The summed E-state index contributed by atoms with van der Waals surface area (Å²) in [5, 5.41) is 11.0. The minimum atomic E-state index is -0.838. The minimum Gasteiger partial charge on any atom is -0.507 e. The van der Waals surface area contributed by atoms with Crippen LogP contribution >= 0.6 is 0 Å². The first-order valence-corrected chi connectivity index (χ1v) is 9.52. The Hall–Kier alpha value is -2.62. The summed E-state index contributed by atoms with van der Waals surface area (Å²) < 4.78 is 19.0. The van der Waals surface area contributed by atoms with Crippen LogP contribution in [0.1, 0.15) is 49.3 Å². The SMILES string of the molecule is CCc1ccc(-c2ccc(F)cc2)c(C)c1C1=C(O)C2(CCCC2)OC1=O. The summed E-state index contributed by atoms with van der Waals surface area (Å²) in [6.45, 7) is 3.97. The van der Waals surface area contributed by atoms with E-state index in [-0.39, 0.29) is 11.6 Å². The number of esters is 1. The lowest BCUT2D eigenvalue weighted by molar-refractivity contribution is -0.146. The first-order chi connectivity index (χ1) is 13.0. The first-order valence-electron chi connectivity index (χ1n) is 9.52. The molecular formula is C23H23FO3. The van der Waals surface area contributed by atoms with Crippen LogP contribution in [0.5, 0.6) is 0 Å². The fraction of sp³-hybridized carbons (Fsp3) is 0.348. The molecule has 4 rings (SSSR count). The molecule has 2 aliphatic rings. The van der Waals surface area contributed by atoms with Crippen LogP contribution in [0, 0.1) is 12.7 Å². The highest BCUT2D eigenvalue weighted by molar-refractivity contribution is 6.20. The van der Waals surface area contributed by atoms with E-state index in [2.05, 4.69) is 0 Å². The molecule has 3 nitrogen and oxygen atoms in total. The number of aliphatic hydroxyl groups is 1. The van der Waals surface area contributed by atoms with E-state index in [9.17, 15) is 14.3 Å². The van der Waals surface area contributed by atoms with Gasteiger partial charge in [-0.3, -0.25) is 0 Å². The number of aliphatic hydroxyl groups excluding tert-OH is 1. The summed E-state index contributed by atoms with van der Waals surface area (Å²) in [6.07, 6.45) is 3.97. The third kappa shape index (κ3) is 2.75. The van der Waals surface area contributed by atoms with E-state index in [0.717, 1.165) is 47.1 Å². The summed E-state index contributed by atoms with van der Waals surface area (Å²) in [5.41, 5.74) is 3.90. The van der Waals surface area contributed by atoms with Crippen LogP contribution in [-0.2, 0) is 16.0 Å². The second-order valence-corrected chi connectivity index (χ2v) is 7.45. The van der Waals surface area contributed by atoms with Gasteiger partial charge in [-0.2, -0.15) is 0 Å². The largest absolute Gasteiger partial charge is 0.507 e. The Morgan fingerprint density at radius 3 is 2.41 bits per heavy atom. The van der Waals surface area contributed by atoms with E-state index < -0.39 is 11.6 Å². The normalized spacial score (nSPS) is 18.4. The molecule has 0 amide bonds. The maximum absolute atomic E-state index is 13.3. The number of ether oxygens (including phenoxy) is 1. The Bertz CT molecular complexity index is 935. The van der Waals surface area contributed by atoms with Gasteiger partial charge in [0, 0.05) is 0 Å².